The first kappa shape index (κ1) is 15.6. The summed E-state index contributed by atoms with van der Waals surface area (Å²) in [5.41, 5.74) is 7.02. The molecule has 0 saturated carbocycles. The SMILES string of the molecule is CC(C(=O)NC(C)(C)C)N(C)c1cc(Cl)ccc1N. The Kier molecular flexibility index (Phi) is 4.69. The van der Waals surface area contributed by atoms with E-state index >= 15 is 0 Å². The maximum atomic E-state index is 12.1. The number of halogens is 1. The summed E-state index contributed by atoms with van der Waals surface area (Å²) in [6.45, 7) is 7.68. The van der Waals surface area contributed by atoms with E-state index < -0.39 is 0 Å². The number of rotatable bonds is 3. The molecule has 0 aliphatic heterocycles. The number of nitrogens with two attached hydrogens (primary N) is 1. The molecule has 19 heavy (non-hydrogen) atoms. The van der Waals surface area contributed by atoms with Crippen LogP contribution in [-0.4, -0.2) is 24.5 Å². The van der Waals surface area contributed by atoms with Crippen molar-refractivity contribution in [2.45, 2.75) is 39.3 Å². The third-order valence-electron chi connectivity index (χ3n) is 2.83. The second-order valence-corrected chi connectivity index (χ2v) is 6.17. The van der Waals surface area contributed by atoms with Gasteiger partial charge in [0.25, 0.3) is 0 Å². The van der Waals surface area contributed by atoms with Crippen LogP contribution in [-0.2, 0) is 4.79 Å². The fourth-order valence-corrected chi connectivity index (χ4v) is 1.85. The van der Waals surface area contributed by atoms with Crippen LogP contribution in [0.5, 0.6) is 0 Å². The van der Waals surface area contributed by atoms with Crippen molar-refractivity contribution >= 4 is 28.9 Å². The average molecular weight is 284 g/mol. The van der Waals surface area contributed by atoms with Crippen molar-refractivity contribution < 1.29 is 4.79 Å². The van der Waals surface area contributed by atoms with E-state index in [1.54, 1.807) is 18.2 Å². The van der Waals surface area contributed by atoms with E-state index in [0.29, 0.717) is 10.7 Å². The summed E-state index contributed by atoms with van der Waals surface area (Å²) in [4.78, 5) is 14.0. The van der Waals surface area contributed by atoms with Gasteiger partial charge in [0.15, 0.2) is 0 Å². The molecular formula is C14H22ClN3O. The molecule has 0 aromatic heterocycles. The van der Waals surface area contributed by atoms with Crippen molar-refractivity contribution in [3.63, 3.8) is 0 Å². The first-order valence-electron chi connectivity index (χ1n) is 6.21. The molecule has 0 radical (unpaired) electrons. The predicted octanol–water partition coefficient (Wildman–Crippen LogP) is 2.66. The molecule has 1 aromatic carbocycles. The second kappa shape index (κ2) is 5.70. The van der Waals surface area contributed by atoms with E-state index in [1.165, 1.54) is 0 Å². The fraction of sp³-hybridized carbons (Fsp3) is 0.500. The fourth-order valence-electron chi connectivity index (χ4n) is 1.68. The van der Waals surface area contributed by atoms with E-state index in [-0.39, 0.29) is 17.5 Å². The first-order valence-corrected chi connectivity index (χ1v) is 6.59. The molecule has 0 fully saturated rings. The molecule has 1 amide bonds. The molecular weight excluding hydrogens is 262 g/mol. The van der Waals surface area contributed by atoms with E-state index in [0.717, 1.165) is 5.69 Å². The third-order valence-corrected chi connectivity index (χ3v) is 3.07. The zero-order valence-corrected chi connectivity index (χ0v) is 12.9. The minimum absolute atomic E-state index is 0.0469. The van der Waals surface area contributed by atoms with Crippen LogP contribution in [0, 0.1) is 0 Å². The Balaban J connectivity index is 2.90. The van der Waals surface area contributed by atoms with Crippen LogP contribution in [0.25, 0.3) is 0 Å². The Hall–Kier alpha value is -1.42. The minimum Gasteiger partial charge on any atom is -0.397 e. The standard InChI is InChI=1S/C14H22ClN3O/c1-9(13(19)17-14(2,3)4)18(5)12-8-10(15)6-7-11(12)16/h6-9H,16H2,1-5H3,(H,17,19). The number of benzene rings is 1. The lowest BCUT2D eigenvalue weighted by Gasteiger charge is -2.30. The summed E-state index contributed by atoms with van der Waals surface area (Å²) in [6, 6.07) is 4.90. The summed E-state index contributed by atoms with van der Waals surface area (Å²) >= 11 is 5.97. The van der Waals surface area contributed by atoms with Gasteiger partial charge in [0, 0.05) is 17.6 Å². The molecule has 0 heterocycles. The van der Waals surface area contributed by atoms with Crippen LogP contribution < -0.4 is 16.0 Å². The normalized spacial score (nSPS) is 12.9. The van der Waals surface area contributed by atoms with Gasteiger partial charge in [-0.15, -0.1) is 0 Å². The molecule has 0 aliphatic rings. The molecule has 0 spiro atoms. The van der Waals surface area contributed by atoms with Crippen molar-refractivity contribution in [2.24, 2.45) is 0 Å². The number of nitrogens with zero attached hydrogens (tertiary/aromatic N) is 1. The topological polar surface area (TPSA) is 58.4 Å². The molecule has 106 valence electrons. The largest absolute Gasteiger partial charge is 0.397 e. The van der Waals surface area contributed by atoms with Crippen LogP contribution in [0.15, 0.2) is 18.2 Å². The molecule has 0 saturated heterocycles. The smallest absolute Gasteiger partial charge is 0.242 e. The van der Waals surface area contributed by atoms with Crippen LogP contribution in [0.4, 0.5) is 11.4 Å². The van der Waals surface area contributed by atoms with Gasteiger partial charge in [-0.3, -0.25) is 4.79 Å². The third kappa shape index (κ3) is 4.31. The second-order valence-electron chi connectivity index (χ2n) is 5.73. The summed E-state index contributed by atoms with van der Waals surface area (Å²) in [5, 5.41) is 3.55. The summed E-state index contributed by atoms with van der Waals surface area (Å²) in [7, 11) is 1.83. The van der Waals surface area contributed by atoms with Gasteiger partial charge in [0.1, 0.15) is 6.04 Å². The molecule has 1 unspecified atom stereocenters. The van der Waals surface area contributed by atoms with Crippen molar-refractivity contribution in [1.82, 2.24) is 5.32 Å². The number of likely N-dealkylation sites (N-methyl/N-ethyl adjacent to an activating group) is 1. The van der Waals surface area contributed by atoms with Crippen molar-refractivity contribution in [1.29, 1.82) is 0 Å². The number of carbonyl (C=O) groups excluding carboxylic acids is 1. The molecule has 5 heteroatoms. The molecule has 0 bridgehead atoms. The number of hydrogen-bond donors (Lipinski definition) is 2. The molecule has 3 N–H and O–H groups in total. The number of carbonyl (C=O) groups is 1. The lowest BCUT2D eigenvalue weighted by Crippen LogP contribution is -2.50. The van der Waals surface area contributed by atoms with Gasteiger partial charge in [-0.05, 0) is 45.9 Å². The van der Waals surface area contributed by atoms with Crippen molar-refractivity contribution in [3.05, 3.63) is 23.2 Å². The van der Waals surface area contributed by atoms with Gasteiger partial charge in [-0.2, -0.15) is 0 Å². The zero-order chi connectivity index (χ0) is 14.8. The number of hydrogen-bond acceptors (Lipinski definition) is 3. The van der Waals surface area contributed by atoms with Crippen LogP contribution in [0.1, 0.15) is 27.7 Å². The van der Waals surface area contributed by atoms with Crippen LogP contribution in [0.2, 0.25) is 5.02 Å². The predicted molar refractivity (Wildman–Crippen MR) is 81.6 cm³/mol. The molecule has 4 nitrogen and oxygen atoms in total. The Labute approximate surface area is 119 Å². The van der Waals surface area contributed by atoms with Gasteiger partial charge in [0.05, 0.1) is 11.4 Å². The lowest BCUT2D eigenvalue weighted by atomic mass is 10.1. The van der Waals surface area contributed by atoms with Crippen molar-refractivity contribution in [2.75, 3.05) is 17.7 Å². The summed E-state index contributed by atoms with van der Waals surface area (Å²) in [5.74, 6) is -0.0469. The van der Waals surface area contributed by atoms with E-state index in [4.69, 9.17) is 17.3 Å². The highest BCUT2D eigenvalue weighted by Crippen LogP contribution is 2.27. The van der Waals surface area contributed by atoms with Gasteiger partial charge in [0.2, 0.25) is 5.91 Å². The number of anilines is 2. The number of nitrogen functional groups attached to an aromatic ring is 1. The quantitative estimate of drug-likeness (QED) is 0.839. The average Bonchev–Trinajstić information content (AvgIpc) is 2.28. The molecule has 1 rings (SSSR count). The maximum Gasteiger partial charge on any atom is 0.242 e. The van der Waals surface area contributed by atoms with Gasteiger partial charge < -0.3 is 16.0 Å². The highest BCUT2D eigenvalue weighted by Gasteiger charge is 2.23. The van der Waals surface area contributed by atoms with Crippen LogP contribution >= 0.6 is 11.6 Å². The lowest BCUT2D eigenvalue weighted by molar-refractivity contribution is -0.123. The van der Waals surface area contributed by atoms with E-state index in [1.807, 2.05) is 39.6 Å². The monoisotopic (exact) mass is 283 g/mol. The molecule has 1 aromatic rings. The Morgan fingerprint density at radius 2 is 2.00 bits per heavy atom. The van der Waals surface area contributed by atoms with Gasteiger partial charge >= 0.3 is 0 Å². The van der Waals surface area contributed by atoms with Gasteiger partial charge in [-0.1, -0.05) is 11.6 Å². The summed E-state index contributed by atoms with van der Waals surface area (Å²) in [6.07, 6.45) is 0. The van der Waals surface area contributed by atoms with Crippen molar-refractivity contribution in [3.8, 4) is 0 Å². The van der Waals surface area contributed by atoms with Crippen LogP contribution in [0.3, 0.4) is 0 Å². The van der Waals surface area contributed by atoms with Gasteiger partial charge in [-0.25, -0.2) is 0 Å². The number of amides is 1. The highest BCUT2D eigenvalue weighted by molar-refractivity contribution is 6.31. The molecule has 1 atom stereocenters. The highest BCUT2D eigenvalue weighted by atomic mass is 35.5. The Morgan fingerprint density at radius 3 is 2.53 bits per heavy atom. The Morgan fingerprint density at radius 1 is 1.42 bits per heavy atom. The first-order chi connectivity index (χ1) is 8.61. The Bertz CT molecular complexity index is 468. The maximum absolute atomic E-state index is 12.1. The van der Waals surface area contributed by atoms with E-state index in [9.17, 15) is 4.79 Å². The number of nitrogens with one attached hydrogen (secondary N) is 1. The van der Waals surface area contributed by atoms with E-state index in [2.05, 4.69) is 5.32 Å². The molecule has 0 aliphatic carbocycles. The minimum atomic E-state index is -0.333. The zero-order valence-electron chi connectivity index (χ0n) is 12.1. The summed E-state index contributed by atoms with van der Waals surface area (Å²) < 4.78 is 0.